The smallest absolute Gasteiger partial charge is 0.255 e. The van der Waals surface area contributed by atoms with Crippen LogP contribution in [-0.2, 0) is 7.05 Å². The summed E-state index contributed by atoms with van der Waals surface area (Å²) in [4.78, 5) is 0. The maximum atomic E-state index is 6.50. The third kappa shape index (κ3) is 5.31. The molecule has 0 N–H and O–H groups in total. The molecular formula is C45H34N4O+2. The second-order valence-electron chi connectivity index (χ2n) is 12.5. The van der Waals surface area contributed by atoms with Crippen LogP contribution in [0, 0.1) is 0 Å². The van der Waals surface area contributed by atoms with Gasteiger partial charge in [0, 0.05) is 28.6 Å². The average molecular weight is 647 g/mol. The molecule has 9 rings (SSSR count). The van der Waals surface area contributed by atoms with E-state index in [2.05, 4.69) is 166 Å². The van der Waals surface area contributed by atoms with Gasteiger partial charge < -0.3 is 4.74 Å². The SMILES string of the molecule is C[n+]1ccn(-c2cccc(Oc3cccc(-n4c[n+](-c5c(-c6ccccc6)cccc5-c5ccccc5)c5c6ccccc6ccc54)c3)c2)c1. The number of para-hydroxylation sites is 1. The van der Waals surface area contributed by atoms with Crippen LogP contribution in [0.25, 0.3) is 61.1 Å². The van der Waals surface area contributed by atoms with E-state index < -0.39 is 0 Å². The maximum Gasteiger partial charge on any atom is 0.255 e. The molecule has 0 aliphatic carbocycles. The van der Waals surface area contributed by atoms with Crippen LogP contribution in [0.3, 0.4) is 0 Å². The molecule has 238 valence electrons. The fourth-order valence-corrected chi connectivity index (χ4v) is 6.95. The molecule has 0 amide bonds. The van der Waals surface area contributed by atoms with Crippen LogP contribution >= 0.6 is 0 Å². The molecule has 5 nitrogen and oxygen atoms in total. The van der Waals surface area contributed by atoms with Crippen LogP contribution < -0.4 is 13.9 Å². The van der Waals surface area contributed by atoms with Gasteiger partial charge in [0.1, 0.15) is 41.0 Å². The highest BCUT2D eigenvalue weighted by atomic mass is 16.5. The number of aryl methyl sites for hydroxylation is 1. The Labute approximate surface area is 290 Å². The lowest BCUT2D eigenvalue weighted by atomic mass is 9.95. The minimum Gasteiger partial charge on any atom is -0.457 e. The number of hydrogen-bond acceptors (Lipinski definition) is 1. The van der Waals surface area contributed by atoms with Gasteiger partial charge in [-0.2, -0.15) is 9.13 Å². The predicted molar refractivity (Wildman–Crippen MR) is 200 cm³/mol. The number of benzene rings is 7. The second-order valence-corrected chi connectivity index (χ2v) is 12.5. The van der Waals surface area contributed by atoms with Gasteiger partial charge in [0.2, 0.25) is 6.33 Å². The van der Waals surface area contributed by atoms with Crippen molar-refractivity contribution in [2.45, 2.75) is 0 Å². The van der Waals surface area contributed by atoms with E-state index in [4.69, 9.17) is 4.74 Å². The Balaban J connectivity index is 1.24. The Morgan fingerprint density at radius 1 is 0.540 bits per heavy atom. The molecule has 9 aromatic rings. The van der Waals surface area contributed by atoms with Crippen molar-refractivity contribution in [3.8, 4) is 50.8 Å². The van der Waals surface area contributed by atoms with Crippen molar-refractivity contribution in [2.75, 3.05) is 0 Å². The summed E-state index contributed by atoms with van der Waals surface area (Å²) in [6, 6.07) is 57.6. The predicted octanol–water partition coefficient (Wildman–Crippen LogP) is 9.80. The number of nitrogens with zero attached hydrogens (tertiary/aromatic N) is 4. The number of rotatable bonds is 7. The summed E-state index contributed by atoms with van der Waals surface area (Å²) in [5.74, 6) is 1.54. The van der Waals surface area contributed by atoms with Gasteiger partial charge in [-0.1, -0.05) is 109 Å². The summed E-state index contributed by atoms with van der Waals surface area (Å²) >= 11 is 0. The van der Waals surface area contributed by atoms with Gasteiger partial charge in [-0.05, 0) is 59.0 Å². The van der Waals surface area contributed by atoms with Crippen molar-refractivity contribution < 1.29 is 13.9 Å². The van der Waals surface area contributed by atoms with Crippen LogP contribution in [0.2, 0.25) is 0 Å². The minimum atomic E-state index is 0.765. The molecule has 0 spiro atoms. The normalized spacial score (nSPS) is 11.3. The van der Waals surface area contributed by atoms with E-state index in [1.807, 2.05) is 48.5 Å². The molecule has 0 bridgehead atoms. The van der Waals surface area contributed by atoms with Gasteiger partial charge in [0.25, 0.3) is 6.33 Å². The summed E-state index contributed by atoms with van der Waals surface area (Å²) in [5, 5.41) is 2.38. The van der Waals surface area contributed by atoms with Crippen LogP contribution in [0.1, 0.15) is 0 Å². The molecule has 0 radical (unpaired) electrons. The Kier molecular flexibility index (Phi) is 7.29. The summed E-state index contributed by atoms with van der Waals surface area (Å²) in [7, 11) is 2.02. The summed E-state index contributed by atoms with van der Waals surface area (Å²) in [5.41, 5.74) is 10.1. The van der Waals surface area contributed by atoms with Crippen LogP contribution in [-0.4, -0.2) is 9.13 Å². The molecular weight excluding hydrogens is 613 g/mol. The van der Waals surface area contributed by atoms with Crippen molar-refractivity contribution >= 4 is 21.8 Å². The molecule has 2 heterocycles. The number of imidazole rings is 2. The lowest BCUT2D eigenvalue weighted by Gasteiger charge is -2.13. The first-order valence-corrected chi connectivity index (χ1v) is 16.8. The van der Waals surface area contributed by atoms with Crippen molar-refractivity contribution in [3.63, 3.8) is 0 Å². The molecule has 0 fully saturated rings. The van der Waals surface area contributed by atoms with Crippen molar-refractivity contribution in [1.29, 1.82) is 0 Å². The highest BCUT2D eigenvalue weighted by molar-refractivity contribution is 6.03. The highest BCUT2D eigenvalue weighted by Crippen LogP contribution is 2.36. The Bertz CT molecular complexity index is 2580. The quantitative estimate of drug-likeness (QED) is 0.158. The van der Waals surface area contributed by atoms with Crippen LogP contribution in [0.4, 0.5) is 0 Å². The zero-order valence-electron chi connectivity index (χ0n) is 27.6. The standard InChI is InChI=1S/C45H34N4O/c1-46-27-28-47(31-46)36-18-10-20-38(29-36)50-39-21-11-19-37(30-39)48-32-49(45-42-22-9-8-17-35(42)25-26-43(45)48)44-40(33-13-4-2-5-14-33)23-12-24-41(44)34-15-6-3-7-16-34/h2-32H,1H3/q+2. The molecule has 2 aromatic heterocycles. The van der Waals surface area contributed by atoms with Crippen LogP contribution in [0.5, 0.6) is 11.5 Å². The molecule has 7 aromatic carbocycles. The zero-order chi connectivity index (χ0) is 33.4. The van der Waals surface area contributed by atoms with Gasteiger partial charge in [-0.15, -0.1) is 0 Å². The Morgan fingerprint density at radius 3 is 1.84 bits per heavy atom. The number of ether oxygens (including phenoxy) is 1. The molecule has 0 unspecified atom stereocenters. The van der Waals surface area contributed by atoms with Crippen molar-refractivity contribution in [1.82, 2.24) is 9.13 Å². The van der Waals surface area contributed by atoms with E-state index >= 15 is 0 Å². The fourth-order valence-electron chi connectivity index (χ4n) is 6.95. The molecule has 0 aliphatic heterocycles. The first kappa shape index (κ1) is 29.4. The van der Waals surface area contributed by atoms with Gasteiger partial charge in [0.15, 0.2) is 11.0 Å². The molecule has 5 heteroatoms. The van der Waals surface area contributed by atoms with E-state index in [9.17, 15) is 0 Å². The number of aromatic nitrogens is 4. The lowest BCUT2D eigenvalue weighted by Crippen LogP contribution is -2.31. The van der Waals surface area contributed by atoms with Crippen LogP contribution in [0.15, 0.2) is 189 Å². The lowest BCUT2D eigenvalue weighted by molar-refractivity contribution is -0.670. The van der Waals surface area contributed by atoms with Crippen molar-refractivity contribution in [3.05, 3.63) is 189 Å². The third-order valence-corrected chi connectivity index (χ3v) is 9.27. The molecule has 0 aliphatic rings. The zero-order valence-corrected chi connectivity index (χ0v) is 27.6. The van der Waals surface area contributed by atoms with E-state index in [0.29, 0.717) is 0 Å². The second kappa shape index (κ2) is 12.4. The summed E-state index contributed by atoms with van der Waals surface area (Å²) < 4.78 is 15.3. The van der Waals surface area contributed by atoms with Gasteiger partial charge in [0.05, 0.1) is 7.05 Å². The topological polar surface area (TPSA) is 26.8 Å². The van der Waals surface area contributed by atoms with Gasteiger partial charge in [-0.25, -0.2) is 9.13 Å². The number of fused-ring (bicyclic) bond motifs is 3. The first-order valence-electron chi connectivity index (χ1n) is 16.8. The fraction of sp³-hybridized carbons (Fsp3) is 0.0222. The number of hydrogen-bond donors (Lipinski definition) is 0. The minimum absolute atomic E-state index is 0.765. The highest BCUT2D eigenvalue weighted by Gasteiger charge is 2.26. The molecule has 0 saturated heterocycles. The monoisotopic (exact) mass is 646 g/mol. The van der Waals surface area contributed by atoms with E-state index in [1.54, 1.807) is 0 Å². The van der Waals surface area contributed by atoms with Gasteiger partial charge >= 0.3 is 0 Å². The third-order valence-electron chi connectivity index (χ3n) is 9.27. The van der Waals surface area contributed by atoms with E-state index in [1.165, 1.54) is 21.9 Å². The van der Waals surface area contributed by atoms with E-state index in [0.717, 1.165) is 50.7 Å². The molecule has 0 atom stereocenters. The average Bonchev–Trinajstić information content (AvgIpc) is 3.80. The molecule has 50 heavy (non-hydrogen) atoms. The summed E-state index contributed by atoms with van der Waals surface area (Å²) in [6.45, 7) is 0. The van der Waals surface area contributed by atoms with E-state index in [-0.39, 0.29) is 0 Å². The van der Waals surface area contributed by atoms with Gasteiger partial charge in [-0.3, -0.25) is 0 Å². The molecule has 0 saturated carbocycles. The summed E-state index contributed by atoms with van der Waals surface area (Å²) in [6.07, 6.45) is 8.33. The largest absolute Gasteiger partial charge is 0.457 e. The Hall–Kier alpha value is -6.72. The Morgan fingerprint density at radius 2 is 1.16 bits per heavy atom. The maximum absolute atomic E-state index is 6.50. The van der Waals surface area contributed by atoms with Crippen molar-refractivity contribution in [2.24, 2.45) is 7.05 Å². The first-order chi connectivity index (χ1) is 24.7.